The highest BCUT2D eigenvalue weighted by Crippen LogP contribution is 2.40. The zero-order valence-corrected chi connectivity index (χ0v) is 13.7. The summed E-state index contributed by atoms with van der Waals surface area (Å²) in [6.45, 7) is 0.658. The van der Waals surface area contributed by atoms with E-state index in [1.54, 1.807) is 0 Å². The minimum atomic E-state index is 0. The zero-order valence-electron chi connectivity index (χ0n) is 12.9. The number of nitrogen functional groups attached to an aromatic ring is 1. The summed E-state index contributed by atoms with van der Waals surface area (Å²) in [5, 5.41) is 0. The van der Waals surface area contributed by atoms with Crippen LogP contribution in [0.2, 0.25) is 0 Å². The molecule has 0 spiro atoms. The Morgan fingerprint density at radius 3 is 1.50 bits per heavy atom. The number of anilines is 1. The van der Waals surface area contributed by atoms with Gasteiger partial charge in [0, 0.05) is 12.2 Å². The van der Waals surface area contributed by atoms with Gasteiger partial charge in [0.25, 0.3) is 0 Å². The van der Waals surface area contributed by atoms with E-state index in [1.807, 2.05) is 12.1 Å². The van der Waals surface area contributed by atoms with Crippen molar-refractivity contribution in [2.75, 3.05) is 5.73 Å². The number of hydrogen-bond acceptors (Lipinski definition) is 2. The fourth-order valence-electron chi connectivity index (χ4n) is 2.53. The predicted octanol–water partition coefficient (Wildman–Crippen LogP) is 4.59. The first-order valence-corrected chi connectivity index (χ1v) is 7.90. The van der Waals surface area contributed by atoms with Gasteiger partial charge in [-0.2, -0.15) is 0 Å². The molecule has 0 heterocycles. The molecule has 2 nitrogen and oxygen atoms in total. The number of nitrogens with two attached hydrogens (primary N) is 2. The van der Waals surface area contributed by atoms with Crippen LogP contribution in [-0.2, 0) is 6.54 Å². The molecule has 4 N–H and O–H groups in total. The highest BCUT2D eigenvalue weighted by molar-refractivity contribution is 5.85. The molecule has 3 heteroatoms. The average Bonchev–Trinajstić information content (AvgIpc) is 3.42. The third-order valence-corrected chi connectivity index (χ3v) is 4.25. The molecule has 2 fully saturated rings. The second-order valence-electron chi connectivity index (χ2n) is 6.16. The summed E-state index contributed by atoms with van der Waals surface area (Å²) in [6, 6.07) is 16.9. The molecule has 4 rings (SSSR count). The molecule has 0 aromatic heterocycles. The van der Waals surface area contributed by atoms with Crippen LogP contribution in [0.25, 0.3) is 0 Å². The predicted molar refractivity (Wildman–Crippen MR) is 96.4 cm³/mol. The van der Waals surface area contributed by atoms with Crippen molar-refractivity contribution in [1.29, 1.82) is 0 Å². The molecule has 2 saturated carbocycles. The van der Waals surface area contributed by atoms with Crippen molar-refractivity contribution < 1.29 is 0 Å². The lowest BCUT2D eigenvalue weighted by atomic mass is 10.1. The van der Waals surface area contributed by atoms with Crippen LogP contribution in [-0.4, -0.2) is 0 Å². The SMILES string of the molecule is Cl.NCc1ccc(C2CC2)cc1.Nc1ccc(C2CC2)cc1. The van der Waals surface area contributed by atoms with E-state index in [2.05, 4.69) is 36.4 Å². The van der Waals surface area contributed by atoms with Gasteiger partial charge >= 0.3 is 0 Å². The van der Waals surface area contributed by atoms with Crippen LogP contribution in [0.15, 0.2) is 48.5 Å². The minimum Gasteiger partial charge on any atom is -0.399 e. The summed E-state index contributed by atoms with van der Waals surface area (Å²) in [4.78, 5) is 0. The number of benzene rings is 2. The minimum absolute atomic E-state index is 0. The molecule has 0 radical (unpaired) electrons. The van der Waals surface area contributed by atoms with Crippen molar-refractivity contribution in [1.82, 2.24) is 0 Å². The Kier molecular flexibility index (Phi) is 5.87. The van der Waals surface area contributed by atoms with Crippen LogP contribution in [0.5, 0.6) is 0 Å². The maximum Gasteiger partial charge on any atom is 0.0314 e. The number of halogens is 1. The molecule has 0 saturated heterocycles. The van der Waals surface area contributed by atoms with E-state index in [0.717, 1.165) is 17.5 Å². The third kappa shape index (κ3) is 4.75. The molecule has 22 heavy (non-hydrogen) atoms. The summed E-state index contributed by atoms with van der Waals surface area (Å²) < 4.78 is 0. The first-order valence-electron chi connectivity index (χ1n) is 7.90. The lowest BCUT2D eigenvalue weighted by molar-refractivity contribution is 1.05. The maximum absolute atomic E-state index is 5.55. The molecule has 0 aliphatic heterocycles. The average molecular weight is 317 g/mol. The van der Waals surface area contributed by atoms with Gasteiger partial charge in [-0.1, -0.05) is 36.4 Å². The fourth-order valence-corrected chi connectivity index (χ4v) is 2.53. The molecule has 2 aliphatic carbocycles. The van der Waals surface area contributed by atoms with Gasteiger partial charge in [-0.15, -0.1) is 12.4 Å². The standard InChI is InChI=1S/C10H13N.C9H11N.ClH/c11-7-8-1-3-9(4-2-8)10-5-6-10;10-9-5-3-8(4-6-9)7-1-2-7;/h1-4,10H,5-7,11H2;3-7H,1-2,10H2;1H. The van der Waals surface area contributed by atoms with E-state index in [9.17, 15) is 0 Å². The van der Waals surface area contributed by atoms with Gasteiger partial charge in [0.1, 0.15) is 0 Å². The van der Waals surface area contributed by atoms with Gasteiger partial charge in [-0.3, -0.25) is 0 Å². The number of hydrogen-bond donors (Lipinski definition) is 2. The quantitative estimate of drug-likeness (QED) is 0.814. The van der Waals surface area contributed by atoms with Crippen molar-refractivity contribution in [2.45, 2.75) is 44.1 Å². The normalized spacial score (nSPS) is 16.2. The van der Waals surface area contributed by atoms with Gasteiger partial charge in [-0.25, -0.2) is 0 Å². The van der Waals surface area contributed by atoms with Gasteiger partial charge < -0.3 is 11.5 Å². The molecule has 0 unspecified atom stereocenters. The summed E-state index contributed by atoms with van der Waals surface area (Å²) in [5.41, 5.74) is 16.1. The van der Waals surface area contributed by atoms with Gasteiger partial charge in [0.15, 0.2) is 0 Å². The first-order chi connectivity index (χ1) is 10.3. The van der Waals surface area contributed by atoms with Crippen LogP contribution >= 0.6 is 12.4 Å². The lowest BCUT2D eigenvalue weighted by Gasteiger charge is -1.98. The Hall–Kier alpha value is -1.51. The maximum atomic E-state index is 5.55. The summed E-state index contributed by atoms with van der Waals surface area (Å²) in [5.74, 6) is 1.71. The molecule has 0 amide bonds. The molecule has 0 bridgehead atoms. The highest BCUT2D eigenvalue weighted by Gasteiger charge is 2.23. The van der Waals surface area contributed by atoms with E-state index in [0.29, 0.717) is 6.54 Å². The Morgan fingerprint density at radius 2 is 1.14 bits per heavy atom. The largest absolute Gasteiger partial charge is 0.399 e. The lowest BCUT2D eigenvalue weighted by Crippen LogP contribution is -1.95. The zero-order chi connectivity index (χ0) is 14.7. The summed E-state index contributed by atoms with van der Waals surface area (Å²) in [7, 11) is 0. The second-order valence-corrected chi connectivity index (χ2v) is 6.16. The summed E-state index contributed by atoms with van der Waals surface area (Å²) >= 11 is 0. The van der Waals surface area contributed by atoms with Crippen molar-refractivity contribution in [3.8, 4) is 0 Å². The van der Waals surface area contributed by atoms with Crippen molar-refractivity contribution in [2.24, 2.45) is 5.73 Å². The molecule has 2 aliphatic rings. The smallest absolute Gasteiger partial charge is 0.0314 e. The Balaban J connectivity index is 0.000000154. The van der Waals surface area contributed by atoms with Gasteiger partial charge in [-0.05, 0) is 66.3 Å². The van der Waals surface area contributed by atoms with E-state index < -0.39 is 0 Å². The highest BCUT2D eigenvalue weighted by atomic mass is 35.5. The topological polar surface area (TPSA) is 52.0 Å². The van der Waals surface area contributed by atoms with E-state index >= 15 is 0 Å². The number of rotatable bonds is 3. The van der Waals surface area contributed by atoms with Crippen LogP contribution in [0.3, 0.4) is 0 Å². The molecular formula is C19H25ClN2. The molecule has 2 aromatic carbocycles. The van der Waals surface area contributed by atoms with Gasteiger partial charge in [0.2, 0.25) is 0 Å². The third-order valence-electron chi connectivity index (χ3n) is 4.25. The Morgan fingerprint density at radius 1 is 0.727 bits per heavy atom. The Bertz CT molecular complexity index is 569. The molecular weight excluding hydrogens is 292 g/mol. The van der Waals surface area contributed by atoms with Crippen LogP contribution in [0.1, 0.15) is 54.2 Å². The van der Waals surface area contributed by atoms with E-state index in [4.69, 9.17) is 11.5 Å². The first kappa shape index (κ1) is 16.9. The summed E-state index contributed by atoms with van der Waals surface area (Å²) in [6.07, 6.45) is 5.48. The van der Waals surface area contributed by atoms with E-state index in [-0.39, 0.29) is 12.4 Å². The monoisotopic (exact) mass is 316 g/mol. The molecule has 2 aromatic rings. The van der Waals surface area contributed by atoms with Crippen molar-refractivity contribution in [3.63, 3.8) is 0 Å². The van der Waals surface area contributed by atoms with Crippen molar-refractivity contribution in [3.05, 3.63) is 65.2 Å². The van der Waals surface area contributed by atoms with E-state index in [1.165, 1.54) is 42.4 Å². The molecule has 0 atom stereocenters. The Labute approximate surface area is 139 Å². The second kappa shape index (κ2) is 7.66. The van der Waals surface area contributed by atoms with Crippen molar-refractivity contribution >= 4 is 18.1 Å². The van der Waals surface area contributed by atoms with Gasteiger partial charge in [0.05, 0.1) is 0 Å². The fraction of sp³-hybridized carbons (Fsp3) is 0.368. The molecule has 118 valence electrons. The van der Waals surface area contributed by atoms with Crippen LogP contribution in [0.4, 0.5) is 5.69 Å². The van der Waals surface area contributed by atoms with Crippen LogP contribution in [0, 0.1) is 0 Å². The van der Waals surface area contributed by atoms with Crippen LogP contribution < -0.4 is 11.5 Å².